The number of benzene rings is 1. The average Bonchev–Trinajstić information content (AvgIpc) is 3.13. The van der Waals surface area contributed by atoms with Crippen molar-refractivity contribution in [3.8, 4) is 0 Å². The Morgan fingerprint density at radius 1 is 1.16 bits per heavy atom. The number of likely N-dealkylation sites (N-methyl/N-ethyl adjacent to an activating group) is 1. The molecule has 3 heterocycles. The molecule has 0 fully saturated rings. The maximum absolute atomic E-state index is 13.4. The predicted molar refractivity (Wildman–Crippen MR) is 134 cm³/mol. The molecule has 0 unspecified atom stereocenters. The first kappa shape index (κ1) is 23.0. The summed E-state index contributed by atoms with van der Waals surface area (Å²) in [5.74, 6) is 0.330. The number of fused-ring (bicyclic) bond motifs is 3. The summed E-state index contributed by atoms with van der Waals surface area (Å²) in [6.45, 7) is 13.3. The molecule has 170 valence electrons. The molecule has 1 aliphatic heterocycles. The molecule has 0 radical (unpaired) electrons. The van der Waals surface area contributed by atoms with Crippen molar-refractivity contribution in [2.45, 2.75) is 56.8 Å². The van der Waals surface area contributed by atoms with Gasteiger partial charge in [0, 0.05) is 6.54 Å². The fourth-order valence-electron chi connectivity index (χ4n) is 4.12. The van der Waals surface area contributed by atoms with Crippen LogP contribution in [-0.2, 0) is 16.8 Å². The number of amides is 1. The second-order valence-electron chi connectivity index (χ2n) is 9.09. The maximum atomic E-state index is 13.4. The molecule has 1 N–H and O–H groups in total. The van der Waals surface area contributed by atoms with Crippen LogP contribution >= 0.6 is 23.1 Å². The molecule has 0 spiro atoms. The molecule has 0 bridgehead atoms. The lowest BCUT2D eigenvalue weighted by Crippen LogP contribution is -2.34. The van der Waals surface area contributed by atoms with Crippen LogP contribution in [0.2, 0.25) is 0 Å². The molecule has 8 heteroatoms. The Kier molecular flexibility index (Phi) is 6.47. The Morgan fingerprint density at radius 2 is 1.84 bits per heavy atom. The monoisotopic (exact) mass is 470 g/mol. The van der Waals surface area contributed by atoms with E-state index in [0.29, 0.717) is 28.2 Å². The van der Waals surface area contributed by atoms with Crippen LogP contribution in [0, 0.1) is 0 Å². The van der Waals surface area contributed by atoms with Crippen LogP contribution in [0.5, 0.6) is 0 Å². The van der Waals surface area contributed by atoms with Crippen LogP contribution in [0.3, 0.4) is 0 Å². The highest BCUT2D eigenvalue weighted by molar-refractivity contribution is 8.02. The third kappa shape index (κ3) is 4.36. The van der Waals surface area contributed by atoms with Crippen molar-refractivity contribution in [3.63, 3.8) is 0 Å². The van der Waals surface area contributed by atoms with Crippen LogP contribution < -0.4 is 10.9 Å². The predicted octanol–water partition coefficient (Wildman–Crippen LogP) is 4.88. The molecular weight excluding hydrogens is 440 g/mol. The van der Waals surface area contributed by atoms with E-state index in [1.54, 1.807) is 10.9 Å². The second kappa shape index (κ2) is 9.00. The number of thioether (sulfide) groups is 1. The first-order valence-electron chi connectivity index (χ1n) is 11.0. The van der Waals surface area contributed by atoms with E-state index in [4.69, 9.17) is 0 Å². The zero-order valence-corrected chi connectivity index (χ0v) is 20.9. The molecule has 1 amide bonds. The van der Waals surface area contributed by atoms with Gasteiger partial charge in [0.1, 0.15) is 10.2 Å². The summed E-state index contributed by atoms with van der Waals surface area (Å²) in [4.78, 5) is 32.1. The van der Waals surface area contributed by atoms with E-state index in [9.17, 15) is 9.59 Å². The minimum Gasteiger partial charge on any atom is -0.322 e. The maximum Gasteiger partial charge on any atom is 0.271 e. The van der Waals surface area contributed by atoms with Gasteiger partial charge in [-0.3, -0.25) is 19.1 Å². The van der Waals surface area contributed by atoms with Crippen molar-refractivity contribution in [2.24, 2.45) is 0 Å². The van der Waals surface area contributed by atoms with Crippen LogP contribution in [0.4, 0.5) is 5.69 Å². The van der Waals surface area contributed by atoms with E-state index in [0.717, 1.165) is 17.3 Å². The molecular formula is C24H30N4O2S2. The molecule has 0 aliphatic carbocycles. The summed E-state index contributed by atoms with van der Waals surface area (Å²) >= 11 is 2.90. The van der Waals surface area contributed by atoms with E-state index in [2.05, 4.69) is 74.1 Å². The zero-order chi connectivity index (χ0) is 23.0. The number of rotatable bonds is 6. The molecule has 1 aromatic carbocycles. The van der Waals surface area contributed by atoms with Gasteiger partial charge in [0.15, 0.2) is 0 Å². The molecule has 4 rings (SSSR count). The van der Waals surface area contributed by atoms with Gasteiger partial charge in [-0.1, -0.05) is 58.9 Å². The van der Waals surface area contributed by atoms with Crippen molar-refractivity contribution < 1.29 is 4.79 Å². The largest absolute Gasteiger partial charge is 0.322 e. The third-order valence-electron chi connectivity index (χ3n) is 6.02. The van der Waals surface area contributed by atoms with E-state index in [1.165, 1.54) is 34.2 Å². The number of carbonyl (C=O) groups excluding carboxylic acids is 1. The lowest BCUT2D eigenvalue weighted by molar-refractivity contribution is -0.113. The fourth-order valence-corrected chi connectivity index (χ4v) is 6.30. The summed E-state index contributed by atoms with van der Waals surface area (Å²) in [6, 6.07) is 8.85. The van der Waals surface area contributed by atoms with Crippen LogP contribution in [0.25, 0.3) is 10.2 Å². The van der Waals surface area contributed by atoms with Gasteiger partial charge in [-0.2, -0.15) is 0 Å². The lowest BCUT2D eigenvalue weighted by Gasteiger charge is -2.31. The first-order chi connectivity index (χ1) is 15.2. The highest BCUT2D eigenvalue weighted by Crippen LogP contribution is 2.42. The van der Waals surface area contributed by atoms with Crippen molar-refractivity contribution in [3.05, 3.63) is 52.1 Å². The zero-order valence-electron chi connectivity index (χ0n) is 19.3. The number of nitrogens with one attached hydrogen (secondary N) is 1. The van der Waals surface area contributed by atoms with Gasteiger partial charge in [0.2, 0.25) is 5.91 Å². The summed E-state index contributed by atoms with van der Waals surface area (Å²) < 4.78 is 3.28. The van der Waals surface area contributed by atoms with Crippen molar-refractivity contribution in [2.75, 3.05) is 24.2 Å². The van der Waals surface area contributed by atoms with Crippen LogP contribution in [0.15, 0.2) is 39.6 Å². The minimum absolute atomic E-state index is 0.0477. The Bertz CT molecular complexity index is 1190. The summed E-state index contributed by atoms with van der Waals surface area (Å²) in [5.41, 5.74) is 3.83. The summed E-state index contributed by atoms with van der Waals surface area (Å²) in [6.07, 6.45) is 1.63. The van der Waals surface area contributed by atoms with Gasteiger partial charge < -0.3 is 5.32 Å². The van der Waals surface area contributed by atoms with E-state index >= 15 is 0 Å². The Labute approximate surface area is 197 Å². The smallest absolute Gasteiger partial charge is 0.271 e. The highest BCUT2D eigenvalue weighted by Gasteiger charge is 2.25. The van der Waals surface area contributed by atoms with Crippen LogP contribution in [-0.4, -0.2) is 39.2 Å². The third-order valence-corrected chi connectivity index (χ3v) is 8.45. The number of anilines is 1. The molecule has 1 atom stereocenters. The second-order valence-corrected chi connectivity index (χ2v) is 11.4. The fraction of sp³-hybridized carbons (Fsp3) is 0.458. The van der Waals surface area contributed by atoms with Gasteiger partial charge in [-0.15, -0.1) is 23.1 Å². The highest BCUT2D eigenvalue weighted by atomic mass is 32.2. The topological polar surface area (TPSA) is 67.2 Å². The van der Waals surface area contributed by atoms with Gasteiger partial charge >= 0.3 is 0 Å². The van der Waals surface area contributed by atoms with E-state index < -0.39 is 0 Å². The molecule has 0 saturated carbocycles. The quantitative estimate of drug-likeness (QED) is 0.556. The normalized spacial score (nSPS) is 15.1. The molecule has 0 saturated heterocycles. The molecule has 6 nitrogen and oxygen atoms in total. The van der Waals surface area contributed by atoms with Crippen molar-refractivity contribution in [1.29, 1.82) is 0 Å². The van der Waals surface area contributed by atoms with Gasteiger partial charge in [-0.25, -0.2) is 4.98 Å². The summed E-state index contributed by atoms with van der Waals surface area (Å²) in [5, 5.41) is 2.88. The summed E-state index contributed by atoms with van der Waals surface area (Å²) in [7, 11) is 0. The van der Waals surface area contributed by atoms with Crippen molar-refractivity contribution in [1.82, 2.24) is 14.5 Å². The van der Waals surface area contributed by atoms with Gasteiger partial charge in [-0.05, 0) is 29.6 Å². The standard InChI is InChI=1S/C24H30N4O2S2/c1-6-27(7-2)17(15-8-10-16(11-9-15)24(3,4)5)12-28-14-25-19-20-23(31-13-18(29)26-20)32-21(19)22(28)30/h8-11,14,17H,6-7,12-13H2,1-5H3,(H,26,29)/t17-/m1/s1. The van der Waals surface area contributed by atoms with Crippen molar-refractivity contribution >= 4 is 44.9 Å². The number of thiophene rings is 1. The number of aromatic nitrogens is 2. The SMILES string of the molecule is CCN(CC)[C@H](Cn1cnc2c3c(sc2c1=O)SCC(=O)N3)c1ccc(C(C)(C)C)cc1. The number of hydrogen-bond donors (Lipinski definition) is 1. The number of nitrogens with zero attached hydrogens (tertiary/aromatic N) is 3. The van der Waals surface area contributed by atoms with Gasteiger partial charge in [0.05, 0.1) is 28.0 Å². The minimum atomic E-state index is -0.0484. The Balaban J connectivity index is 1.72. The van der Waals surface area contributed by atoms with E-state index in [-0.39, 0.29) is 22.9 Å². The van der Waals surface area contributed by atoms with Crippen LogP contribution in [0.1, 0.15) is 51.8 Å². The van der Waals surface area contributed by atoms with Gasteiger partial charge in [0.25, 0.3) is 5.56 Å². The Morgan fingerprint density at radius 3 is 2.47 bits per heavy atom. The molecule has 2 aromatic heterocycles. The molecule has 3 aromatic rings. The Hall–Kier alpha value is -2.16. The lowest BCUT2D eigenvalue weighted by atomic mass is 9.86. The first-order valence-corrected chi connectivity index (χ1v) is 12.8. The number of carbonyl (C=O) groups is 1. The number of hydrogen-bond acceptors (Lipinski definition) is 6. The molecule has 1 aliphatic rings. The van der Waals surface area contributed by atoms with E-state index in [1.807, 2.05) is 0 Å². The average molecular weight is 471 g/mol. The molecule has 32 heavy (non-hydrogen) atoms.